The molecule has 1 aromatic heterocycles. The average Bonchev–Trinajstić information content (AvgIpc) is 3.32. The van der Waals surface area contributed by atoms with Crippen LogP contribution in [0, 0.1) is 0 Å². The number of carbonyl (C=O) groups excluding carboxylic acids is 2. The molecule has 3 aliphatic heterocycles. The summed E-state index contributed by atoms with van der Waals surface area (Å²) in [7, 11) is 1.53. The average molecular weight is 375 g/mol. The lowest BCUT2D eigenvalue weighted by molar-refractivity contribution is -0.151. The maximum Gasteiger partial charge on any atom is 0.266 e. The molecule has 2 amide bonds. The van der Waals surface area contributed by atoms with Gasteiger partial charge in [-0.15, -0.1) is 0 Å². The number of aromatic amines is 1. The zero-order valence-corrected chi connectivity index (χ0v) is 15.7. The van der Waals surface area contributed by atoms with Gasteiger partial charge in [0.05, 0.1) is 23.3 Å². The summed E-state index contributed by atoms with van der Waals surface area (Å²) in [5, 5.41) is 3.88. The molecular formula is C18H25N5O4. The number of imidazole rings is 1. The largest absolute Gasteiger partial charge is 0.382 e. The number of amides is 2. The van der Waals surface area contributed by atoms with Crippen molar-refractivity contribution in [1.82, 2.24) is 19.8 Å². The second-order valence-electron chi connectivity index (χ2n) is 7.44. The Hall–Kier alpha value is -2.42. The Labute approximate surface area is 157 Å². The first kappa shape index (κ1) is 18.0. The quantitative estimate of drug-likeness (QED) is 0.825. The van der Waals surface area contributed by atoms with E-state index in [9.17, 15) is 9.59 Å². The molecule has 0 saturated carbocycles. The van der Waals surface area contributed by atoms with E-state index in [1.54, 1.807) is 6.33 Å². The molecule has 4 rings (SSSR count). The molecule has 1 aromatic rings. The maximum absolute atomic E-state index is 12.7. The van der Waals surface area contributed by atoms with Crippen molar-refractivity contribution >= 4 is 17.5 Å². The van der Waals surface area contributed by atoms with Crippen molar-refractivity contribution in [3.63, 3.8) is 0 Å². The summed E-state index contributed by atoms with van der Waals surface area (Å²) in [5.74, 6) is -0.0626. The van der Waals surface area contributed by atoms with E-state index in [0.717, 1.165) is 23.5 Å². The third kappa shape index (κ3) is 2.99. The number of nitrogens with zero attached hydrogens (tertiary/aromatic N) is 4. The minimum absolute atomic E-state index is 0.0294. The van der Waals surface area contributed by atoms with Gasteiger partial charge < -0.3 is 24.4 Å². The van der Waals surface area contributed by atoms with Crippen LogP contribution in [0.15, 0.2) is 11.5 Å². The summed E-state index contributed by atoms with van der Waals surface area (Å²) in [5.41, 5.74) is 2.37. The van der Waals surface area contributed by atoms with E-state index in [2.05, 4.69) is 15.1 Å². The minimum atomic E-state index is -0.516. The van der Waals surface area contributed by atoms with Gasteiger partial charge in [0.25, 0.3) is 5.91 Å². The van der Waals surface area contributed by atoms with Gasteiger partial charge in [-0.05, 0) is 19.8 Å². The molecule has 0 aromatic carbocycles. The number of H-pyrrole nitrogens is 1. The molecule has 9 heteroatoms. The number of oxime groups is 1. The topological polar surface area (TPSA) is 100 Å². The first-order valence-corrected chi connectivity index (χ1v) is 9.35. The molecule has 3 aliphatic rings. The summed E-state index contributed by atoms with van der Waals surface area (Å²) in [4.78, 5) is 42.2. The van der Waals surface area contributed by atoms with Crippen molar-refractivity contribution in [3.05, 3.63) is 17.7 Å². The van der Waals surface area contributed by atoms with Gasteiger partial charge in [0.2, 0.25) is 12.0 Å². The van der Waals surface area contributed by atoms with Crippen LogP contribution >= 0.6 is 0 Å². The number of methoxy groups -OCH3 is 1. The van der Waals surface area contributed by atoms with Crippen LogP contribution in [-0.4, -0.2) is 76.7 Å². The van der Waals surface area contributed by atoms with Crippen LogP contribution in [0.3, 0.4) is 0 Å². The number of hydrogen-bond donors (Lipinski definition) is 1. The molecule has 1 N–H and O–H groups in total. The zero-order valence-electron chi connectivity index (χ0n) is 15.7. The number of fused-ring (bicyclic) bond motifs is 2. The highest BCUT2D eigenvalue weighted by molar-refractivity contribution is 5.91. The number of likely N-dealkylation sites (tertiary alicyclic amines) is 1. The van der Waals surface area contributed by atoms with Crippen LogP contribution in [0.4, 0.5) is 0 Å². The van der Waals surface area contributed by atoms with Crippen LogP contribution < -0.4 is 0 Å². The Morgan fingerprint density at radius 3 is 2.81 bits per heavy atom. The maximum atomic E-state index is 12.7. The van der Waals surface area contributed by atoms with Crippen molar-refractivity contribution in [2.24, 2.45) is 5.16 Å². The predicted octanol–water partition coefficient (Wildman–Crippen LogP) is 0.423. The molecule has 9 nitrogen and oxygen atoms in total. The standard InChI is InChI=1S/C18H25N5O4/c1-12-9-14(27-21-12)17(25)22-7-4-18(5-8-22)16-13(19-11-20-16)3-6-23(18)15(24)10-26-2/h11,14H,3-10H2,1-2H3,(H,19,20). The number of carbonyl (C=O) groups is 2. The minimum Gasteiger partial charge on any atom is -0.382 e. The van der Waals surface area contributed by atoms with Crippen molar-refractivity contribution < 1.29 is 19.2 Å². The summed E-state index contributed by atoms with van der Waals surface area (Å²) in [6.45, 7) is 3.65. The highest BCUT2D eigenvalue weighted by Gasteiger charge is 2.49. The fourth-order valence-corrected chi connectivity index (χ4v) is 4.48. The monoisotopic (exact) mass is 375 g/mol. The third-order valence-corrected chi connectivity index (χ3v) is 5.82. The highest BCUT2D eigenvalue weighted by Crippen LogP contribution is 2.42. The smallest absolute Gasteiger partial charge is 0.266 e. The second kappa shape index (κ2) is 6.95. The van der Waals surface area contributed by atoms with Gasteiger partial charge in [0, 0.05) is 45.3 Å². The molecule has 1 unspecified atom stereocenters. The molecule has 1 atom stereocenters. The number of piperidine rings is 1. The van der Waals surface area contributed by atoms with E-state index in [1.807, 2.05) is 16.7 Å². The van der Waals surface area contributed by atoms with Gasteiger partial charge in [-0.3, -0.25) is 9.59 Å². The normalized spacial score (nSPS) is 23.8. The van der Waals surface area contributed by atoms with E-state index in [0.29, 0.717) is 38.9 Å². The van der Waals surface area contributed by atoms with Crippen LogP contribution in [0.25, 0.3) is 0 Å². The SMILES string of the molecule is COCC(=O)N1CCc2[nH]cnc2C12CCN(C(=O)C1CC(C)=NO1)CC2. The van der Waals surface area contributed by atoms with E-state index >= 15 is 0 Å². The molecule has 4 heterocycles. The number of ether oxygens (including phenoxy) is 1. The summed E-state index contributed by atoms with van der Waals surface area (Å²) in [6.07, 6.45) is 3.78. The Bertz CT molecular complexity index is 766. The molecular weight excluding hydrogens is 350 g/mol. The van der Waals surface area contributed by atoms with Gasteiger partial charge in [-0.25, -0.2) is 4.98 Å². The summed E-state index contributed by atoms with van der Waals surface area (Å²) < 4.78 is 5.08. The van der Waals surface area contributed by atoms with Crippen molar-refractivity contribution in [1.29, 1.82) is 0 Å². The number of nitrogens with one attached hydrogen (secondary N) is 1. The number of aromatic nitrogens is 2. The molecule has 0 bridgehead atoms. The Balaban J connectivity index is 1.53. The van der Waals surface area contributed by atoms with Crippen LogP contribution in [0.5, 0.6) is 0 Å². The molecule has 27 heavy (non-hydrogen) atoms. The van der Waals surface area contributed by atoms with Crippen molar-refractivity contribution in [2.45, 2.75) is 44.2 Å². The number of hydrogen-bond acceptors (Lipinski definition) is 6. The first-order valence-electron chi connectivity index (χ1n) is 9.35. The molecule has 0 radical (unpaired) electrons. The summed E-state index contributed by atoms with van der Waals surface area (Å²) in [6, 6.07) is 0. The molecule has 1 fully saturated rings. The van der Waals surface area contributed by atoms with E-state index in [1.165, 1.54) is 7.11 Å². The summed E-state index contributed by atoms with van der Waals surface area (Å²) >= 11 is 0. The zero-order chi connectivity index (χ0) is 19.0. The van der Waals surface area contributed by atoms with Gasteiger partial charge >= 0.3 is 0 Å². The van der Waals surface area contributed by atoms with E-state index < -0.39 is 11.6 Å². The lowest BCUT2D eigenvalue weighted by Gasteiger charge is -2.50. The molecule has 146 valence electrons. The molecule has 1 saturated heterocycles. The number of rotatable bonds is 3. The fraction of sp³-hybridized carbons (Fsp3) is 0.667. The fourth-order valence-electron chi connectivity index (χ4n) is 4.48. The van der Waals surface area contributed by atoms with Crippen molar-refractivity contribution in [3.8, 4) is 0 Å². The third-order valence-electron chi connectivity index (χ3n) is 5.82. The lowest BCUT2D eigenvalue weighted by atomic mass is 9.78. The first-order chi connectivity index (χ1) is 13.0. The van der Waals surface area contributed by atoms with E-state index in [4.69, 9.17) is 9.57 Å². The van der Waals surface area contributed by atoms with Gasteiger partial charge in [0.1, 0.15) is 6.61 Å². The predicted molar refractivity (Wildman–Crippen MR) is 96.0 cm³/mol. The van der Waals surface area contributed by atoms with E-state index in [-0.39, 0.29) is 18.4 Å². The second-order valence-corrected chi connectivity index (χ2v) is 7.44. The van der Waals surface area contributed by atoms with Crippen LogP contribution in [0.2, 0.25) is 0 Å². The lowest BCUT2D eigenvalue weighted by Crippen LogP contribution is -2.60. The highest BCUT2D eigenvalue weighted by atomic mass is 16.6. The van der Waals surface area contributed by atoms with Crippen LogP contribution in [0.1, 0.15) is 37.6 Å². The molecule has 1 spiro atoms. The Morgan fingerprint density at radius 2 is 2.15 bits per heavy atom. The van der Waals surface area contributed by atoms with Gasteiger partial charge in [-0.1, -0.05) is 5.16 Å². The van der Waals surface area contributed by atoms with Gasteiger partial charge in [0.15, 0.2) is 0 Å². The Morgan fingerprint density at radius 1 is 1.37 bits per heavy atom. The van der Waals surface area contributed by atoms with Crippen LogP contribution in [-0.2, 0) is 31.1 Å². The Kier molecular flexibility index (Phi) is 4.63. The van der Waals surface area contributed by atoms with Gasteiger partial charge in [-0.2, -0.15) is 0 Å². The molecule has 0 aliphatic carbocycles. The van der Waals surface area contributed by atoms with Crippen molar-refractivity contribution in [2.75, 3.05) is 33.4 Å².